The van der Waals surface area contributed by atoms with E-state index in [1.54, 1.807) is 18.2 Å². The number of aliphatic hydroxyl groups excluding tert-OH is 1. The fourth-order valence-electron chi connectivity index (χ4n) is 2.64. The number of halogens is 1. The molecule has 6 nitrogen and oxygen atoms in total. The maximum Gasteiger partial charge on any atom is 0.297 e. The van der Waals surface area contributed by atoms with Gasteiger partial charge in [-0.25, -0.2) is 4.39 Å². The number of benzene rings is 2. The van der Waals surface area contributed by atoms with Crippen LogP contribution in [0.15, 0.2) is 59.5 Å². The maximum atomic E-state index is 13.0. The highest BCUT2D eigenvalue weighted by molar-refractivity contribution is 7.86. The smallest absolute Gasteiger partial charge is 0.297 e. The lowest BCUT2D eigenvalue weighted by molar-refractivity contribution is 0.122. The Hall–Kier alpha value is -2.00. The Morgan fingerprint density at radius 3 is 2.41 bits per heavy atom. The summed E-state index contributed by atoms with van der Waals surface area (Å²) >= 11 is 0. The molecule has 27 heavy (non-hydrogen) atoms. The summed E-state index contributed by atoms with van der Waals surface area (Å²) in [7, 11) is -3.95. The van der Waals surface area contributed by atoms with Crippen molar-refractivity contribution in [3.8, 4) is 5.75 Å². The molecule has 1 heterocycles. The largest absolute Gasteiger partial charge is 0.491 e. The second kappa shape index (κ2) is 8.79. The number of rotatable bonds is 10. The molecule has 1 saturated heterocycles. The van der Waals surface area contributed by atoms with E-state index in [0.717, 1.165) is 0 Å². The van der Waals surface area contributed by atoms with Crippen LogP contribution >= 0.6 is 0 Å². The Bertz CT molecular complexity index is 825. The molecule has 1 fully saturated rings. The van der Waals surface area contributed by atoms with Gasteiger partial charge < -0.3 is 14.6 Å². The second-order valence-corrected chi connectivity index (χ2v) is 7.80. The van der Waals surface area contributed by atoms with E-state index in [1.807, 2.05) is 0 Å². The van der Waals surface area contributed by atoms with Gasteiger partial charge in [0, 0.05) is 0 Å². The monoisotopic (exact) mass is 396 g/mol. The predicted molar refractivity (Wildman–Crippen MR) is 95.4 cm³/mol. The number of aliphatic hydroxyl groups is 1. The van der Waals surface area contributed by atoms with Crippen LogP contribution in [0.25, 0.3) is 0 Å². The van der Waals surface area contributed by atoms with Crippen molar-refractivity contribution in [3.05, 3.63) is 60.4 Å². The predicted octanol–water partition coefficient (Wildman–Crippen LogP) is 2.52. The van der Waals surface area contributed by atoms with Crippen LogP contribution in [0.3, 0.4) is 0 Å². The third kappa shape index (κ3) is 5.74. The van der Waals surface area contributed by atoms with Crippen LogP contribution in [-0.4, -0.2) is 45.0 Å². The lowest BCUT2D eigenvalue weighted by Gasteiger charge is -2.18. The Labute approximate surface area is 157 Å². The molecule has 2 aromatic rings. The quantitative estimate of drug-likeness (QED) is 0.491. The van der Waals surface area contributed by atoms with Crippen molar-refractivity contribution >= 4 is 10.1 Å². The van der Waals surface area contributed by atoms with Crippen LogP contribution < -0.4 is 4.74 Å². The molecule has 0 spiro atoms. The molecule has 3 atom stereocenters. The number of ether oxygens (including phenoxy) is 2. The molecular weight excluding hydrogens is 375 g/mol. The molecule has 0 aromatic heterocycles. The molecule has 2 aromatic carbocycles. The average molecular weight is 396 g/mol. The molecule has 1 N–H and O–H groups in total. The molecule has 0 radical (unpaired) electrons. The minimum Gasteiger partial charge on any atom is -0.491 e. The zero-order valence-corrected chi connectivity index (χ0v) is 15.3. The SMILES string of the molecule is O=S(=O)(OC(CCC1O[C@H]1CO)COc1ccc(F)cc1)c1ccccc1. The van der Waals surface area contributed by atoms with Gasteiger partial charge in [-0.2, -0.15) is 8.42 Å². The minimum atomic E-state index is -3.95. The van der Waals surface area contributed by atoms with Gasteiger partial charge in [-0.3, -0.25) is 4.18 Å². The van der Waals surface area contributed by atoms with Crippen LogP contribution in [0, 0.1) is 5.82 Å². The molecule has 2 unspecified atom stereocenters. The summed E-state index contributed by atoms with van der Waals surface area (Å²) in [5.74, 6) is 0.0285. The van der Waals surface area contributed by atoms with Crippen molar-refractivity contribution in [2.45, 2.75) is 36.0 Å². The first-order chi connectivity index (χ1) is 13.0. The second-order valence-electron chi connectivity index (χ2n) is 6.22. The molecule has 8 heteroatoms. The fourth-order valence-corrected chi connectivity index (χ4v) is 3.76. The first-order valence-corrected chi connectivity index (χ1v) is 10.0. The van der Waals surface area contributed by atoms with E-state index in [9.17, 15) is 12.8 Å². The summed E-state index contributed by atoms with van der Waals surface area (Å²) in [4.78, 5) is 0.0627. The Morgan fingerprint density at radius 2 is 1.78 bits per heavy atom. The summed E-state index contributed by atoms with van der Waals surface area (Å²) in [6.07, 6.45) is -0.147. The normalized spacial score (nSPS) is 20.2. The van der Waals surface area contributed by atoms with E-state index in [2.05, 4.69) is 0 Å². The highest BCUT2D eigenvalue weighted by Crippen LogP contribution is 2.28. The van der Waals surface area contributed by atoms with Crippen LogP contribution in [0.4, 0.5) is 4.39 Å². The van der Waals surface area contributed by atoms with Gasteiger partial charge in [0.15, 0.2) is 0 Å². The van der Waals surface area contributed by atoms with Crippen molar-refractivity contribution < 1.29 is 31.6 Å². The van der Waals surface area contributed by atoms with Gasteiger partial charge in [0.1, 0.15) is 30.4 Å². The summed E-state index contributed by atoms with van der Waals surface area (Å²) in [6, 6.07) is 13.3. The zero-order chi connectivity index (χ0) is 19.3. The van der Waals surface area contributed by atoms with E-state index < -0.39 is 16.2 Å². The van der Waals surface area contributed by atoms with Gasteiger partial charge in [-0.15, -0.1) is 0 Å². The zero-order valence-electron chi connectivity index (χ0n) is 14.5. The molecule has 0 amide bonds. The standard InChI is InChI=1S/C19H21FO6S/c20-14-6-8-15(9-7-14)24-13-16(10-11-18-19(12-21)25-18)26-27(22,23)17-4-2-1-3-5-17/h1-9,16,18-19,21H,10-13H2/t16?,18?,19-/m0/s1. The van der Waals surface area contributed by atoms with Gasteiger partial charge in [0.25, 0.3) is 10.1 Å². The van der Waals surface area contributed by atoms with Crippen molar-refractivity contribution in [2.24, 2.45) is 0 Å². The third-order valence-electron chi connectivity index (χ3n) is 4.18. The number of epoxide rings is 1. The summed E-state index contributed by atoms with van der Waals surface area (Å²) in [6.45, 7) is -0.0845. The van der Waals surface area contributed by atoms with Gasteiger partial charge in [0.2, 0.25) is 0 Å². The average Bonchev–Trinajstić information content (AvgIpc) is 3.44. The van der Waals surface area contributed by atoms with Crippen LogP contribution in [0.1, 0.15) is 12.8 Å². The highest BCUT2D eigenvalue weighted by atomic mass is 32.2. The lowest BCUT2D eigenvalue weighted by Crippen LogP contribution is -2.26. The van der Waals surface area contributed by atoms with E-state index in [1.165, 1.54) is 36.4 Å². The topological polar surface area (TPSA) is 85.4 Å². The first-order valence-electron chi connectivity index (χ1n) is 8.61. The molecule has 1 aliphatic rings. The van der Waals surface area contributed by atoms with E-state index in [4.69, 9.17) is 18.8 Å². The fraction of sp³-hybridized carbons (Fsp3) is 0.368. The molecule has 1 aliphatic heterocycles. The molecular formula is C19H21FO6S. The van der Waals surface area contributed by atoms with Gasteiger partial charge in [0.05, 0.1) is 17.6 Å². The number of hydrogen-bond donors (Lipinski definition) is 1. The Kier molecular flexibility index (Phi) is 6.43. The van der Waals surface area contributed by atoms with E-state index in [0.29, 0.717) is 18.6 Å². The van der Waals surface area contributed by atoms with Crippen LogP contribution in [0.2, 0.25) is 0 Å². The van der Waals surface area contributed by atoms with Gasteiger partial charge in [-0.1, -0.05) is 18.2 Å². The third-order valence-corrected chi connectivity index (χ3v) is 5.56. The molecule has 0 bridgehead atoms. The maximum absolute atomic E-state index is 13.0. The molecule has 3 rings (SSSR count). The van der Waals surface area contributed by atoms with E-state index >= 15 is 0 Å². The first kappa shape index (κ1) is 19.8. The van der Waals surface area contributed by atoms with Gasteiger partial charge >= 0.3 is 0 Å². The van der Waals surface area contributed by atoms with Crippen molar-refractivity contribution in [3.63, 3.8) is 0 Å². The van der Waals surface area contributed by atoms with E-state index in [-0.39, 0.29) is 36.1 Å². The van der Waals surface area contributed by atoms with Crippen LogP contribution in [-0.2, 0) is 19.0 Å². The highest BCUT2D eigenvalue weighted by Gasteiger charge is 2.38. The molecule has 146 valence electrons. The Morgan fingerprint density at radius 1 is 1.07 bits per heavy atom. The van der Waals surface area contributed by atoms with Crippen molar-refractivity contribution in [1.29, 1.82) is 0 Å². The van der Waals surface area contributed by atoms with Crippen molar-refractivity contribution in [1.82, 2.24) is 0 Å². The Balaban J connectivity index is 1.64. The molecule has 0 saturated carbocycles. The number of hydrogen-bond acceptors (Lipinski definition) is 6. The van der Waals surface area contributed by atoms with Crippen LogP contribution in [0.5, 0.6) is 5.75 Å². The molecule has 0 aliphatic carbocycles. The lowest BCUT2D eigenvalue weighted by atomic mass is 10.1. The minimum absolute atomic E-state index is 0.0196. The summed E-state index contributed by atoms with van der Waals surface area (Å²) in [5.41, 5.74) is 0. The summed E-state index contributed by atoms with van der Waals surface area (Å²) < 4.78 is 54.2. The van der Waals surface area contributed by atoms with Crippen molar-refractivity contribution in [2.75, 3.05) is 13.2 Å². The summed E-state index contributed by atoms with van der Waals surface area (Å²) in [5, 5.41) is 9.04. The van der Waals surface area contributed by atoms with Gasteiger partial charge in [-0.05, 0) is 49.2 Å².